The van der Waals surface area contributed by atoms with Crippen LogP contribution < -0.4 is 4.72 Å². The minimum absolute atomic E-state index is 0.0377. The molecule has 0 radical (unpaired) electrons. The number of hydrogen-bond donors (Lipinski definition) is 3. The number of benzene rings is 2. The van der Waals surface area contributed by atoms with E-state index in [0.29, 0.717) is 0 Å². The zero-order chi connectivity index (χ0) is 16.5. The number of aromatic carboxylic acids is 1. The molecule has 0 fully saturated rings. The first-order valence-electron chi connectivity index (χ1n) is 6.37. The molecule has 0 atom stereocenters. The summed E-state index contributed by atoms with van der Waals surface area (Å²) in [4.78, 5) is 11.0. The Hall–Kier alpha value is -2.54. The van der Waals surface area contributed by atoms with Crippen molar-refractivity contribution < 1.29 is 23.4 Å². The number of anilines is 1. The monoisotopic (exact) mass is 321 g/mol. The molecular formula is C15H15NO5S. The van der Waals surface area contributed by atoms with Gasteiger partial charge in [0.15, 0.2) is 5.75 Å². The number of hydrogen-bond acceptors (Lipinski definition) is 4. The summed E-state index contributed by atoms with van der Waals surface area (Å²) in [6.45, 7) is 3.65. The molecule has 0 unspecified atom stereocenters. The Balaban J connectivity index is 2.43. The third-order valence-electron chi connectivity index (χ3n) is 3.30. The molecule has 7 heteroatoms. The van der Waals surface area contributed by atoms with E-state index in [9.17, 15) is 18.3 Å². The first-order valence-corrected chi connectivity index (χ1v) is 7.86. The smallest absolute Gasteiger partial charge is 0.339 e. The van der Waals surface area contributed by atoms with Crippen LogP contribution >= 0.6 is 0 Å². The molecule has 2 aromatic carbocycles. The molecule has 0 saturated heterocycles. The summed E-state index contributed by atoms with van der Waals surface area (Å²) >= 11 is 0. The molecule has 0 aromatic heterocycles. The lowest BCUT2D eigenvalue weighted by molar-refractivity contribution is 0.0694. The summed E-state index contributed by atoms with van der Waals surface area (Å²) in [5, 5.41) is 18.8. The van der Waals surface area contributed by atoms with Crippen molar-refractivity contribution in [1.29, 1.82) is 0 Å². The Morgan fingerprint density at radius 3 is 2.36 bits per heavy atom. The fourth-order valence-electron chi connectivity index (χ4n) is 1.88. The second-order valence-corrected chi connectivity index (χ2v) is 6.54. The van der Waals surface area contributed by atoms with E-state index >= 15 is 0 Å². The molecule has 6 nitrogen and oxygen atoms in total. The van der Waals surface area contributed by atoms with Gasteiger partial charge < -0.3 is 10.2 Å². The third kappa shape index (κ3) is 3.04. The highest BCUT2D eigenvalue weighted by atomic mass is 32.2. The molecule has 22 heavy (non-hydrogen) atoms. The first kappa shape index (κ1) is 15.8. The molecule has 3 N–H and O–H groups in total. The van der Waals surface area contributed by atoms with Crippen molar-refractivity contribution in [2.75, 3.05) is 4.72 Å². The fraction of sp³-hybridized carbons (Fsp3) is 0.133. The van der Waals surface area contributed by atoms with E-state index in [1.54, 1.807) is 13.0 Å². The van der Waals surface area contributed by atoms with E-state index in [4.69, 9.17) is 5.11 Å². The maximum atomic E-state index is 12.3. The highest BCUT2D eigenvalue weighted by Crippen LogP contribution is 2.29. The zero-order valence-electron chi connectivity index (χ0n) is 12.0. The number of phenols is 1. The van der Waals surface area contributed by atoms with Crippen LogP contribution in [0.1, 0.15) is 21.5 Å². The van der Waals surface area contributed by atoms with Gasteiger partial charge in [0, 0.05) is 0 Å². The van der Waals surface area contributed by atoms with Crippen molar-refractivity contribution >= 4 is 21.7 Å². The van der Waals surface area contributed by atoms with Gasteiger partial charge in [0.25, 0.3) is 10.0 Å². The quantitative estimate of drug-likeness (QED) is 0.751. The molecule has 2 aromatic rings. The van der Waals surface area contributed by atoms with Crippen molar-refractivity contribution in [1.82, 2.24) is 0 Å². The van der Waals surface area contributed by atoms with Crippen molar-refractivity contribution in [2.24, 2.45) is 0 Å². The van der Waals surface area contributed by atoms with Crippen LogP contribution in [-0.4, -0.2) is 24.6 Å². The maximum Gasteiger partial charge on any atom is 0.339 e. The van der Waals surface area contributed by atoms with Crippen molar-refractivity contribution in [3.63, 3.8) is 0 Å². The molecule has 0 aliphatic rings. The molecule has 0 aliphatic carbocycles. The summed E-state index contributed by atoms with van der Waals surface area (Å²) in [6, 6.07) is 8.46. The van der Waals surface area contributed by atoms with Gasteiger partial charge in [0.1, 0.15) is 5.56 Å². The van der Waals surface area contributed by atoms with Crippen LogP contribution in [-0.2, 0) is 10.0 Å². The standard InChI is InChI=1S/C15H15NO5S/c1-9-6-7-11(8-10(9)2)22(20,21)16-13-5-3-4-12(14(13)17)15(18)19/h3-8,16-17H,1-2H3,(H,18,19). The van der Waals surface area contributed by atoms with Crippen molar-refractivity contribution in [3.05, 3.63) is 53.1 Å². The molecule has 2 rings (SSSR count). The number of sulfonamides is 1. The molecule has 0 amide bonds. The minimum atomic E-state index is -3.92. The van der Waals surface area contributed by atoms with Crippen LogP contribution in [0, 0.1) is 13.8 Å². The first-order chi connectivity index (χ1) is 10.2. The van der Waals surface area contributed by atoms with Gasteiger partial charge in [-0.3, -0.25) is 4.72 Å². The summed E-state index contributed by atoms with van der Waals surface area (Å²) in [5.41, 5.74) is 1.21. The number of carboxylic acids is 1. The second kappa shape index (κ2) is 5.69. The van der Waals surface area contributed by atoms with Gasteiger partial charge >= 0.3 is 5.97 Å². The van der Waals surface area contributed by atoms with Gasteiger partial charge in [0.05, 0.1) is 10.6 Å². The Kier molecular flexibility index (Phi) is 4.09. The number of carboxylic acid groups (broad SMARTS) is 1. The number of carbonyl (C=O) groups is 1. The Morgan fingerprint density at radius 2 is 1.77 bits per heavy atom. The lowest BCUT2D eigenvalue weighted by Crippen LogP contribution is -2.14. The fourth-order valence-corrected chi connectivity index (χ4v) is 3.03. The average molecular weight is 321 g/mol. The summed E-state index contributed by atoms with van der Waals surface area (Å²) in [6.07, 6.45) is 0. The van der Waals surface area contributed by atoms with Gasteiger partial charge in [-0.05, 0) is 49.2 Å². The van der Waals surface area contributed by atoms with Gasteiger partial charge in [-0.25, -0.2) is 13.2 Å². The van der Waals surface area contributed by atoms with Crippen LogP contribution in [0.4, 0.5) is 5.69 Å². The van der Waals surface area contributed by atoms with E-state index in [1.165, 1.54) is 30.3 Å². The maximum absolute atomic E-state index is 12.3. The predicted molar refractivity (Wildman–Crippen MR) is 81.8 cm³/mol. The second-order valence-electron chi connectivity index (χ2n) is 4.86. The summed E-state index contributed by atoms with van der Waals surface area (Å²) < 4.78 is 26.9. The van der Waals surface area contributed by atoms with Crippen LogP contribution in [0.25, 0.3) is 0 Å². The lowest BCUT2D eigenvalue weighted by atomic mass is 10.1. The highest BCUT2D eigenvalue weighted by Gasteiger charge is 2.19. The number of nitrogens with one attached hydrogen (secondary N) is 1. The largest absolute Gasteiger partial charge is 0.505 e. The van der Waals surface area contributed by atoms with E-state index in [0.717, 1.165) is 11.1 Å². The topological polar surface area (TPSA) is 104 Å². The molecular weight excluding hydrogens is 306 g/mol. The summed E-state index contributed by atoms with van der Waals surface area (Å²) in [7, 11) is -3.92. The number of para-hydroxylation sites is 1. The van der Waals surface area contributed by atoms with Crippen molar-refractivity contribution in [2.45, 2.75) is 18.7 Å². The minimum Gasteiger partial charge on any atom is -0.505 e. The van der Waals surface area contributed by atoms with Crippen molar-refractivity contribution in [3.8, 4) is 5.75 Å². The average Bonchev–Trinajstić information content (AvgIpc) is 2.43. The molecule has 116 valence electrons. The van der Waals surface area contributed by atoms with E-state index < -0.39 is 21.7 Å². The zero-order valence-corrected chi connectivity index (χ0v) is 12.8. The van der Waals surface area contributed by atoms with Crippen LogP contribution in [0.3, 0.4) is 0 Å². The molecule has 0 saturated carbocycles. The molecule has 0 heterocycles. The Bertz CT molecular complexity index is 843. The molecule has 0 bridgehead atoms. The third-order valence-corrected chi connectivity index (χ3v) is 4.66. The van der Waals surface area contributed by atoms with Gasteiger partial charge in [-0.2, -0.15) is 0 Å². The highest BCUT2D eigenvalue weighted by molar-refractivity contribution is 7.92. The number of rotatable bonds is 4. The summed E-state index contributed by atoms with van der Waals surface area (Å²) in [5.74, 6) is -1.97. The Labute approximate surface area is 128 Å². The van der Waals surface area contributed by atoms with Gasteiger partial charge in [-0.15, -0.1) is 0 Å². The Morgan fingerprint density at radius 1 is 1.09 bits per heavy atom. The molecule has 0 aliphatic heterocycles. The molecule has 0 spiro atoms. The van der Waals surface area contributed by atoms with E-state index in [-0.39, 0.29) is 16.1 Å². The predicted octanol–water partition coefficient (Wildman–Crippen LogP) is 2.51. The van der Waals surface area contributed by atoms with E-state index in [2.05, 4.69) is 4.72 Å². The van der Waals surface area contributed by atoms with Crippen LogP contribution in [0.2, 0.25) is 0 Å². The lowest BCUT2D eigenvalue weighted by Gasteiger charge is -2.12. The SMILES string of the molecule is Cc1ccc(S(=O)(=O)Nc2cccc(C(=O)O)c2O)cc1C. The normalized spacial score (nSPS) is 11.2. The van der Waals surface area contributed by atoms with Crippen LogP contribution in [0.5, 0.6) is 5.75 Å². The number of aromatic hydroxyl groups is 1. The van der Waals surface area contributed by atoms with Gasteiger partial charge in [0.2, 0.25) is 0 Å². The van der Waals surface area contributed by atoms with E-state index in [1.807, 2.05) is 6.92 Å². The van der Waals surface area contributed by atoms with Crippen LogP contribution in [0.15, 0.2) is 41.3 Å². The van der Waals surface area contributed by atoms with Gasteiger partial charge in [-0.1, -0.05) is 12.1 Å². The number of aryl methyl sites for hydroxylation is 2.